The first-order valence-electron chi connectivity index (χ1n) is 7.35. The summed E-state index contributed by atoms with van der Waals surface area (Å²) in [5.74, 6) is 0.392. The topological polar surface area (TPSA) is 61.4 Å². The molecule has 4 heteroatoms. The van der Waals surface area contributed by atoms with Crippen LogP contribution in [0, 0.1) is 19.8 Å². The van der Waals surface area contributed by atoms with Crippen molar-refractivity contribution in [2.45, 2.75) is 45.6 Å². The summed E-state index contributed by atoms with van der Waals surface area (Å²) in [4.78, 5) is 11.9. The quantitative estimate of drug-likeness (QED) is 0.795. The van der Waals surface area contributed by atoms with E-state index in [1.165, 1.54) is 5.56 Å². The summed E-state index contributed by atoms with van der Waals surface area (Å²) in [6, 6.07) is 5.79. The number of aryl methyl sites for hydroxylation is 2. The molecular formula is C16H24N2O2. The predicted octanol–water partition coefficient (Wildman–Crippen LogP) is 2.98. The van der Waals surface area contributed by atoms with E-state index in [0.29, 0.717) is 12.5 Å². The van der Waals surface area contributed by atoms with E-state index in [2.05, 4.69) is 10.6 Å². The number of hydrogen-bond donors (Lipinski definition) is 3. The number of amides is 2. The summed E-state index contributed by atoms with van der Waals surface area (Å²) in [5, 5.41) is 15.4. The number of hydrogen-bond acceptors (Lipinski definition) is 2. The van der Waals surface area contributed by atoms with E-state index < -0.39 is 0 Å². The van der Waals surface area contributed by atoms with Crippen LogP contribution in [0.25, 0.3) is 0 Å². The van der Waals surface area contributed by atoms with Crippen molar-refractivity contribution in [2.75, 3.05) is 11.9 Å². The predicted molar refractivity (Wildman–Crippen MR) is 80.9 cm³/mol. The fraction of sp³-hybridized carbons (Fsp3) is 0.562. The standard InChI is InChI=1S/C16H24N2O2/c1-11-6-7-15(12(2)8-11)18-16(20)17-10-13-4-3-5-14(19)9-13/h6-8,13-14,19H,3-5,9-10H2,1-2H3,(H2,17,18,20). The average Bonchev–Trinajstić information content (AvgIpc) is 2.40. The van der Waals surface area contributed by atoms with Crippen LogP contribution >= 0.6 is 0 Å². The first kappa shape index (κ1) is 14.9. The Morgan fingerprint density at radius 3 is 2.85 bits per heavy atom. The number of aliphatic hydroxyl groups is 1. The normalized spacial score (nSPS) is 22.4. The van der Waals surface area contributed by atoms with Gasteiger partial charge in [0.2, 0.25) is 0 Å². The molecule has 0 heterocycles. The van der Waals surface area contributed by atoms with Crippen LogP contribution in [0.1, 0.15) is 36.8 Å². The van der Waals surface area contributed by atoms with Gasteiger partial charge in [0.15, 0.2) is 0 Å². The van der Waals surface area contributed by atoms with Crippen molar-refractivity contribution in [3.63, 3.8) is 0 Å². The maximum atomic E-state index is 11.9. The number of benzene rings is 1. The summed E-state index contributed by atoms with van der Waals surface area (Å²) < 4.78 is 0. The summed E-state index contributed by atoms with van der Waals surface area (Å²) in [5.41, 5.74) is 3.09. The van der Waals surface area contributed by atoms with E-state index in [0.717, 1.165) is 36.9 Å². The molecule has 1 aromatic carbocycles. The minimum Gasteiger partial charge on any atom is -0.393 e. The fourth-order valence-electron chi connectivity index (χ4n) is 2.81. The number of aliphatic hydroxyl groups excluding tert-OH is 1. The van der Waals surface area contributed by atoms with Gasteiger partial charge in [0.05, 0.1) is 6.10 Å². The van der Waals surface area contributed by atoms with Gasteiger partial charge < -0.3 is 15.7 Å². The SMILES string of the molecule is Cc1ccc(NC(=O)NCC2CCCC(O)C2)c(C)c1. The second kappa shape index (κ2) is 6.75. The van der Waals surface area contributed by atoms with Crippen molar-refractivity contribution in [3.05, 3.63) is 29.3 Å². The molecule has 20 heavy (non-hydrogen) atoms. The molecule has 2 rings (SSSR count). The molecule has 2 unspecified atom stereocenters. The van der Waals surface area contributed by atoms with Crippen LogP contribution in [0.4, 0.5) is 10.5 Å². The molecule has 0 aromatic heterocycles. The highest BCUT2D eigenvalue weighted by atomic mass is 16.3. The third kappa shape index (κ3) is 4.23. The van der Waals surface area contributed by atoms with Gasteiger partial charge in [0.1, 0.15) is 0 Å². The lowest BCUT2D eigenvalue weighted by Gasteiger charge is -2.25. The minimum atomic E-state index is -0.196. The van der Waals surface area contributed by atoms with Crippen LogP contribution in [0.15, 0.2) is 18.2 Å². The van der Waals surface area contributed by atoms with Gasteiger partial charge in [-0.1, -0.05) is 24.1 Å². The highest BCUT2D eigenvalue weighted by molar-refractivity contribution is 5.90. The number of nitrogens with one attached hydrogen (secondary N) is 2. The number of anilines is 1. The van der Waals surface area contributed by atoms with Gasteiger partial charge in [-0.2, -0.15) is 0 Å². The van der Waals surface area contributed by atoms with Crippen molar-refractivity contribution < 1.29 is 9.90 Å². The molecule has 2 amide bonds. The van der Waals surface area contributed by atoms with Crippen LogP contribution in [0.5, 0.6) is 0 Å². The summed E-state index contributed by atoms with van der Waals surface area (Å²) in [6.45, 7) is 4.65. The number of carbonyl (C=O) groups excluding carboxylic acids is 1. The number of urea groups is 1. The lowest BCUT2D eigenvalue weighted by molar-refractivity contribution is 0.101. The molecule has 0 aliphatic heterocycles. The zero-order valence-corrected chi connectivity index (χ0v) is 12.3. The Balaban J connectivity index is 1.80. The Kier molecular flexibility index (Phi) is 5.01. The van der Waals surface area contributed by atoms with Gasteiger partial charge >= 0.3 is 6.03 Å². The van der Waals surface area contributed by atoms with E-state index in [1.807, 2.05) is 32.0 Å². The van der Waals surface area contributed by atoms with Gasteiger partial charge in [-0.05, 0) is 50.7 Å². The molecule has 0 spiro atoms. The lowest BCUT2D eigenvalue weighted by atomic mass is 9.87. The zero-order chi connectivity index (χ0) is 14.5. The molecule has 1 saturated carbocycles. The molecule has 1 aliphatic rings. The monoisotopic (exact) mass is 276 g/mol. The molecular weight excluding hydrogens is 252 g/mol. The summed E-state index contributed by atoms with van der Waals surface area (Å²) in [6.07, 6.45) is 3.63. The lowest BCUT2D eigenvalue weighted by Crippen LogP contribution is -2.35. The molecule has 0 radical (unpaired) electrons. The zero-order valence-electron chi connectivity index (χ0n) is 12.3. The number of carbonyl (C=O) groups is 1. The maximum Gasteiger partial charge on any atom is 0.319 e. The third-order valence-electron chi connectivity index (χ3n) is 3.94. The molecule has 1 aromatic rings. The maximum absolute atomic E-state index is 11.9. The van der Waals surface area contributed by atoms with Crippen molar-refractivity contribution in [3.8, 4) is 0 Å². The van der Waals surface area contributed by atoms with Crippen LogP contribution < -0.4 is 10.6 Å². The van der Waals surface area contributed by atoms with Crippen LogP contribution in [-0.4, -0.2) is 23.8 Å². The fourth-order valence-corrected chi connectivity index (χ4v) is 2.81. The Hall–Kier alpha value is -1.55. The highest BCUT2D eigenvalue weighted by Crippen LogP contribution is 2.23. The first-order chi connectivity index (χ1) is 9.54. The molecule has 4 nitrogen and oxygen atoms in total. The minimum absolute atomic E-state index is 0.169. The van der Waals surface area contributed by atoms with Crippen molar-refractivity contribution in [1.29, 1.82) is 0 Å². The van der Waals surface area contributed by atoms with E-state index >= 15 is 0 Å². The molecule has 0 saturated heterocycles. The van der Waals surface area contributed by atoms with Crippen LogP contribution in [0.3, 0.4) is 0 Å². The average molecular weight is 276 g/mol. The molecule has 1 fully saturated rings. The van der Waals surface area contributed by atoms with Gasteiger partial charge in [0.25, 0.3) is 0 Å². The highest BCUT2D eigenvalue weighted by Gasteiger charge is 2.20. The van der Waals surface area contributed by atoms with E-state index in [9.17, 15) is 9.90 Å². The molecule has 110 valence electrons. The molecule has 2 atom stereocenters. The van der Waals surface area contributed by atoms with Gasteiger partial charge in [-0.25, -0.2) is 4.79 Å². The van der Waals surface area contributed by atoms with Gasteiger partial charge in [0, 0.05) is 12.2 Å². The second-order valence-electron chi connectivity index (χ2n) is 5.84. The van der Waals surface area contributed by atoms with E-state index in [1.54, 1.807) is 0 Å². The molecule has 0 bridgehead atoms. The summed E-state index contributed by atoms with van der Waals surface area (Å²) >= 11 is 0. The van der Waals surface area contributed by atoms with Gasteiger partial charge in [-0.15, -0.1) is 0 Å². The largest absolute Gasteiger partial charge is 0.393 e. The smallest absolute Gasteiger partial charge is 0.319 e. The molecule has 3 N–H and O–H groups in total. The Morgan fingerprint density at radius 1 is 1.35 bits per heavy atom. The second-order valence-corrected chi connectivity index (χ2v) is 5.84. The Morgan fingerprint density at radius 2 is 2.15 bits per heavy atom. The van der Waals surface area contributed by atoms with Crippen molar-refractivity contribution >= 4 is 11.7 Å². The number of rotatable bonds is 3. The Bertz CT molecular complexity index is 474. The van der Waals surface area contributed by atoms with Crippen molar-refractivity contribution in [1.82, 2.24) is 5.32 Å². The van der Waals surface area contributed by atoms with Crippen LogP contribution in [-0.2, 0) is 0 Å². The van der Waals surface area contributed by atoms with E-state index in [-0.39, 0.29) is 12.1 Å². The first-order valence-corrected chi connectivity index (χ1v) is 7.35. The Labute approximate surface area is 120 Å². The van der Waals surface area contributed by atoms with Crippen molar-refractivity contribution in [2.24, 2.45) is 5.92 Å². The summed E-state index contributed by atoms with van der Waals surface area (Å²) in [7, 11) is 0. The van der Waals surface area contributed by atoms with Crippen LogP contribution in [0.2, 0.25) is 0 Å². The molecule has 1 aliphatic carbocycles. The van der Waals surface area contributed by atoms with E-state index in [4.69, 9.17) is 0 Å². The van der Waals surface area contributed by atoms with Gasteiger partial charge in [-0.3, -0.25) is 0 Å². The third-order valence-corrected chi connectivity index (χ3v) is 3.94.